The second-order valence-corrected chi connectivity index (χ2v) is 11.9. The van der Waals surface area contributed by atoms with Crippen molar-refractivity contribution in [2.24, 2.45) is 0 Å². The van der Waals surface area contributed by atoms with Gasteiger partial charge < -0.3 is 8.98 Å². The van der Waals surface area contributed by atoms with Crippen LogP contribution < -0.4 is 5.43 Å². The minimum Gasteiger partial charge on any atom is -0.456 e. The molecule has 0 spiro atoms. The van der Waals surface area contributed by atoms with E-state index in [1.165, 1.54) is 21.8 Å². The van der Waals surface area contributed by atoms with Gasteiger partial charge in [-0.1, -0.05) is 84.9 Å². The lowest BCUT2D eigenvalue weighted by Gasteiger charge is -2.23. The molecule has 9 aromatic rings. The monoisotopic (exact) mass is 588 g/mol. The number of nitrogens with zero attached hydrogens (tertiary/aromatic N) is 2. The molecule has 214 valence electrons. The summed E-state index contributed by atoms with van der Waals surface area (Å²) >= 11 is 0. The average Bonchev–Trinajstić information content (AvgIpc) is 3.45. The van der Waals surface area contributed by atoms with Crippen molar-refractivity contribution in [3.05, 3.63) is 156 Å². The number of hydrogen-bond acceptors (Lipinski definition) is 3. The van der Waals surface area contributed by atoms with Gasteiger partial charge in [0.2, 0.25) is 5.43 Å². The number of aromatic nitrogens is 2. The molecule has 0 saturated heterocycles. The van der Waals surface area contributed by atoms with Gasteiger partial charge in [-0.2, -0.15) is 0 Å². The van der Waals surface area contributed by atoms with Gasteiger partial charge in [0.05, 0.1) is 27.5 Å². The number of para-hydroxylation sites is 3. The van der Waals surface area contributed by atoms with Gasteiger partial charge in [-0.05, 0) is 82.4 Å². The van der Waals surface area contributed by atoms with E-state index in [0.717, 1.165) is 50.3 Å². The van der Waals surface area contributed by atoms with E-state index < -0.39 is 0 Å². The SMILES string of the molecule is O=c1c2ccccc2oc2cc3c(cc12)-c1ccccc1-c1cc(-n2c4ccccc4c4ccccc42)ccc1-c1cccnc1-3. The van der Waals surface area contributed by atoms with E-state index in [4.69, 9.17) is 9.40 Å². The summed E-state index contributed by atoms with van der Waals surface area (Å²) in [6.45, 7) is 0. The lowest BCUT2D eigenvalue weighted by Crippen LogP contribution is -2.05. The summed E-state index contributed by atoms with van der Waals surface area (Å²) in [6.07, 6.45) is 1.84. The molecule has 1 aliphatic rings. The second kappa shape index (κ2) is 9.37. The van der Waals surface area contributed by atoms with Gasteiger partial charge in [-0.3, -0.25) is 9.78 Å². The molecule has 3 heterocycles. The first-order valence-electron chi connectivity index (χ1n) is 15.4. The maximum atomic E-state index is 13.8. The molecule has 10 rings (SSSR count). The van der Waals surface area contributed by atoms with Crippen LogP contribution in [0.1, 0.15) is 0 Å². The van der Waals surface area contributed by atoms with Crippen LogP contribution >= 0.6 is 0 Å². The predicted octanol–water partition coefficient (Wildman–Crippen LogP) is 10.4. The Balaban J connectivity index is 1.31. The van der Waals surface area contributed by atoms with E-state index in [1.54, 1.807) is 0 Å². The van der Waals surface area contributed by atoms with E-state index in [9.17, 15) is 4.79 Å². The zero-order valence-electron chi connectivity index (χ0n) is 24.6. The molecule has 0 atom stereocenters. The highest BCUT2D eigenvalue weighted by molar-refractivity contribution is 6.10. The highest BCUT2D eigenvalue weighted by Gasteiger charge is 2.25. The van der Waals surface area contributed by atoms with Crippen LogP contribution in [0, 0.1) is 0 Å². The Labute approximate surface area is 263 Å². The number of benzene rings is 6. The Morgan fingerprint density at radius 1 is 0.457 bits per heavy atom. The fourth-order valence-electron chi connectivity index (χ4n) is 7.39. The Morgan fingerprint density at radius 2 is 1.07 bits per heavy atom. The molecular formula is C42H24N2O2. The van der Waals surface area contributed by atoms with Crippen LogP contribution in [0.25, 0.3) is 94.1 Å². The van der Waals surface area contributed by atoms with Crippen molar-refractivity contribution < 1.29 is 4.42 Å². The fraction of sp³-hybridized carbons (Fsp3) is 0. The normalized spacial score (nSPS) is 12.0. The summed E-state index contributed by atoms with van der Waals surface area (Å²) < 4.78 is 8.69. The Kier molecular flexibility index (Phi) is 5.11. The first kappa shape index (κ1) is 25.1. The lowest BCUT2D eigenvalue weighted by atomic mass is 9.82. The van der Waals surface area contributed by atoms with Gasteiger partial charge >= 0.3 is 0 Å². The van der Waals surface area contributed by atoms with Gasteiger partial charge in [-0.15, -0.1) is 0 Å². The molecule has 0 N–H and O–H groups in total. The van der Waals surface area contributed by atoms with Gasteiger partial charge in [0.1, 0.15) is 11.2 Å². The van der Waals surface area contributed by atoms with Gasteiger partial charge in [0.25, 0.3) is 0 Å². The standard InChI is InChI=1S/C42H24N2O2/c45-42-32-14-5-8-18-39(32)46-40-24-35-34(23-36(40)42)27-11-2-1-10-26(27)33-22-25(19-20-28(33)31-15-9-21-43-41(31)35)44-37-16-6-3-12-29(37)30-13-4-7-17-38(30)44/h1-24H. The summed E-state index contributed by atoms with van der Waals surface area (Å²) in [5, 5.41) is 3.59. The first-order chi connectivity index (χ1) is 22.7. The minimum absolute atomic E-state index is 0.0329. The minimum atomic E-state index is -0.0329. The summed E-state index contributed by atoms with van der Waals surface area (Å²) in [5.41, 5.74) is 12.7. The molecule has 46 heavy (non-hydrogen) atoms. The van der Waals surface area contributed by atoms with Crippen molar-refractivity contribution in [1.29, 1.82) is 0 Å². The Bertz CT molecular complexity index is 2730. The molecule has 6 aromatic carbocycles. The van der Waals surface area contributed by atoms with Gasteiger partial charge in [0, 0.05) is 33.8 Å². The molecule has 0 bridgehead atoms. The molecule has 1 aliphatic carbocycles. The van der Waals surface area contributed by atoms with Crippen LogP contribution in [-0.4, -0.2) is 9.55 Å². The zero-order chi connectivity index (χ0) is 30.4. The number of pyridine rings is 1. The van der Waals surface area contributed by atoms with E-state index in [2.05, 4.69) is 102 Å². The molecule has 4 heteroatoms. The summed E-state index contributed by atoms with van der Waals surface area (Å²) in [5.74, 6) is 0. The smallest absolute Gasteiger partial charge is 0.200 e. The quantitative estimate of drug-likeness (QED) is 0.179. The van der Waals surface area contributed by atoms with Crippen LogP contribution in [0.5, 0.6) is 0 Å². The van der Waals surface area contributed by atoms with Crippen LogP contribution in [0.15, 0.2) is 155 Å². The predicted molar refractivity (Wildman–Crippen MR) is 187 cm³/mol. The summed E-state index contributed by atoms with van der Waals surface area (Å²) in [4.78, 5) is 18.8. The first-order valence-corrected chi connectivity index (χ1v) is 15.4. The summed E-state index contributed by atoms with van der Waals surface area (Å²) in [7, 11) is 0. The molecular weight excluding hydrogens is 564 g/mol. The van der Waals surface area contributed by atoms with Crippen molar-refractivity contribution >= 4 is 43.7 Å². The molecule has 0 fully saturated rings. The maximum Gasteiger partial charge on any atom is 0.200 e. The molecule has 0 unspecified atom stereocenters. The molecule has 4 nitrogen and oxygen atoms in total. The second-order valence-electron chi connectivity index (χ2n) is 11.9. The maximum absolute atomic E-state index is 13.8. The van der Waals surface area contributed by atoms with E-state index >= 15 is 0 Å². The van der Waals surface area contributed by atoms with Crippen molar-refractivity contribution in [2.75, 3.05) is 0 Å². The molecule has 0 radical (unpaired) electrons. The number of rotatable bonds is 1. The van der Waals surface area contributed by atoms with Crippen molar-refractivity contribution in [3.63, 3.8) is 0 Å². The number of hydrogen-bond donors (Lipinski definition) is 0. The molecule has 0 amide bonds. The average molecular weight is 589 g/mol. The Morgan fingerprint density at radius 3 is 1.83 bits per heavy atom. The third-order valence-corrected chi connectivity index (χ3v) is 9.42. The van der Waals surface area contributed by atoms with Crippen LogP contribution in [-0.2, 0) is 0 Å². The molecule has 3 aromatic heterocycles. The van der Waals surface area contributed by atoms with Crippen molar-refractivity contribution in [2.45, 2.75) is 0 Å². The van der Waals surface area contributed by atoms with Crippen LogP contribution in [0.2, 0.25) is 0 Å². The topological polar surface area (TPSA) is 48.0 Å². The van der Waals surface area contributed by atoms with Crippen LogP contribution in [0.4, 0.5) is 0 Å². The molecule has 0 saturated carbocycles. The summed E-state index contributed by atoms with van der Waals surface area (Å²) in [6, 6.07) is 48.0. The largest absolute Gasteiger partial charge is 0.456 e. The fourth-order valence-corrected chi connectivity index (χ4v) is 7.39. The van der Waals surface area contributed by atoms with E-state index in [1.807, 2.05) is 48.7 Å². The van der Waals surface area contributed by atoms with Gasteiger partial charge in [0.15, 0.2) is 0 Å². The number of fused-ring (bicyclic) bond motifs is 13. The lowest BCUT2D eigenvalue weighted by molar-refractivity contribution is 0.660. The third kappa shape index (κ3) is 3.44. The zero-order valence-corrected chi connectivity index (χ0v) is 24.6. The highest BCUT2D eigenvalue weighted by Crippen LogP contribution is 2.48. The van der Waals surface area contributed by atoms with E-state index in [-0.39, 0.29) is 5.43 Å². The third-order valence-electron chi connectivity index (χ3n) is 9.42. The molecule has 0 aliphatic heterocycles. The van der Waals surface area contributed by atoms with Crippen LogP contribution in [0.3, 0.4) is 0 Å². The van der Waals surface area contributed by atoms with E-state index in [0.29, 0.717) is 21.9 Å². The van der Waals surface area contributed by atoms with Crippen molar-refractivity contribution in [3.8, 4) is 50.3 Å². The highest BCUT2D eigenvalue weighted by atomic mass is 16.3. The van der Waals surface area contributed by atoms with Gasteiger partial charge in [-0.25, -0.2) is 0 Å². The van der Waals surface area contributed by atoms with Crippen molar-refractivity contribution in [1.82, 2.24) is 9.55 Å². The Hall–Kier alpha value is -6.26.